The van der Waals surface area contributed by atoms with Gasteiger partial charge in [0.15, 0.2) is 11.5 Å². The van der Waals surface area contributed by atoms with Crippen molar-refractivity contribution in [1.29, 1.82) is 0 Å². The van der Waals surface area contributed by atoms with E-state index >= 15 is 0 Å². The van der Waals surface area contributed by atoms with Crippen LogP contribution in [0.2, 0.25) is 0 Å². The lowest BCUT2D eigenvalue weighted by Crippen LogP contribution is -2.07. The van der Waals surface area contributed by atoms with Gasteiger partial charge in [0, 0.05) is 17.0 Å². The van der Waals surface area contributed by atoms with Crippen molar-refractivity contribution in [3.8, 4) is 11.5 Å². The number of benzene rings is 1. The first-order valence-corrected chi connectivity index (χ1v) is 6.25. The number of thiocarbonyl (C=S) groups is 1. The zero-order valence-electron chi connectivity index (χ0n) is 10.3. The van der Waals surface area contributed by atoms with Crippen LogP contribution >= 0.6 is 12.2 Å². The summed E-state index contributed by atoms with van der Waals surface area (Å²) in [6.07, 6.45) is 0.570. The van der Waals surface area contributed by atoms with E-state index in [9.17, 15) is 4.79 Å². The first-order chi connectivity index (χ1) is 9.13. The van der Waals surface area contributed by atoms with Gasteiger partial charge in [-0.25, -0.2) is 4.79 Å². The molecule has 0 fully saturated rings. The van der Waals surface area contributed by atoms with E-state index in [1.165, 1.54) is 0 Å². The van der Waals surface area contributed by atoms with Gasteiger partial charge in [0.2, 0.25) is 6.79 Å². The molecule has 0 saturated heterocycles. The monoisotopic (exact) mass is 276 g/mol. The van der Waals surface area contributed by atoms with Gasteiger partial charge in [0.1, 0.15) is 0 Å². The molecule has 0 bridgehead atoms. The number of aromatic amines is 2. The molecular formula is C13H12N2O3S. The van der Waals surface area contributed by atoms with Crippen molar-refractivity contribution < 1.29 is 9.47 Å². The third-order valence-electron chi connectivity index (χ3n) is 3.00. The summed E-state index contributed by atoms with van der Waals surface area (Å²) in [5, 5.41) is 0. The molecule has 0 spiro atoms. The fourth-order valence-electron chi connectivity index (χ4n) is 2.07. The molecule has 98 valence electrons. The minimum Gasteiger partial charge on any atom is -0.454 e. The fourth-order valence-corrected chi connectivity index (χ4v) is 2.45. The maximum absolute atomic E-state index is 11.2. The molecule has 0 unspecified atom stereocenters. The van der Waals surface area contributed by atoms with Gasteiger partial charge in [-0.05, 0) is 24.6 Å². The van der Waals surface area contributed by atoms with Gasteiger partial charge in [-0.2, -0.15) is 0 Å². The van der Waals surface area contributed by atoms with Crippen molar-refractivity contribution in [3.63, 3.8) is 0 Å². The Labute approximate surface area is 114 Å². The number of nitrogens with one attached hydrogen (secondary N) is 2. The molecule has 2 heterocycles. The molecule has 6 heteroatoms. The standard InChI is InChI=1S/C13H12N2O3S/c1-7-12(15-13(16)14-7)11(19)5-8-2-3-9-10(4-8)18-6-17-9/h2-4H,5-6H2,1H3,(H2,14,15,16). The third kappa shape index (κ3) is 2.26. The van der Waals surface area contributed by atoms with Crippen molar-refractivity contribution in [2.24, 2.45) is 0 Å². The summed E-state index contributed by atoms with van der Waals surface area (Å²) in [4.78, 5) is 17.3. The summed E-state index contributed by atoms with van der Waals surface area (Å²) in [5.41, 5.74) is 2.24. The molecule has 1 aromatic heterocycles. The van der Waals surface area contributed by atoms with E-state index in [2.05, 4.69) is 9.97 Å². The summed E-state index contributed by atoms with van der Waals surface area (Å²) in [6.45, 7) is 2.08. The molecule has 1 aliphatic rings. The quantitative estimate of drug-likeness (QED) is 0.661. The first kappa shape index (κ1) is 12.0. The molecule has 1 aromatic carbocycles. The second-order valence-electron chi connectivity index (χ2n) is 4.37. The summed E-state index contributed by atoms with van der Waals surface area (Å²) in [6, 6.07) is 5.72. The Hall–Kier alpha value is -2.08. The van der Waals surface area contributed by atoms with Crippen molar-refractivity contribution >= 4 is 17.1 Å². The predicted molar refractivity (Wildman–Crippen MR) is 74.1 cm³/mol. The highest BCUT2D eigenvalue weighted by molar-refractivity contribution is 7.80. The van der Waals surface area contributed by atoms with E-state index in [4.69, 9.17) is 21.7 Å². The summed E-state index contributed by atoms with van der Waals surface area (Å²) in [5.74, 6) is 1.49. The third-order valence-corrected chi connectivity index (χ3v) is 3.34. The van der Waals surface area contributed by atoms with Crippen LogP contribution in [0.15, 0.2) is 23.0 Å². The Kier molecular flexibility index (Phi) is 2.87. The molecular weight excluding hydrogens is 264 g/mol. The lowest BCUT2D eigenvalue weighted by Gasteiger charge is -2.04. The number of hydrogen-bond donors (Lipinski definition) is 2. The lowest BCUT2D eigenvalue weighted by atomic mass is 10.1. The molecule has 0 radical (unpaired) electrons. The van der Waals surface area contributed by atoms with E-state index in [1.54, 1.807) is 0 Å². The largest absolute Gasteiger partial charge is 0.454 e. The normalized spacial score (nSPS) is 12.7. The summed E-state index contributed by atoms with van der Waals surface area (Å²) < 4.78 is 10.6. The van der Waals surface area contributed by atoms with Gasteiger partial charge in [-0.3, -0.25) is 0 Å². The van der Waals surface area contributed by atoms with Crippen LogP contribution in [0.25, 0.3) is 0 Å². The van der Waals surface area contributed by atoms with E-state index in [1.807, 2.05) is 25.1 Å². The van der Waals surface area contributed by atoms with Crippen LogP contribution < -0.4 is 15.2 Å². The average molecular weight is 276 g/mol. The Morgan fingerprint density at radius 2 is 2.11 bits per heavy atom. The van der Waals surface area contributed by atoms with Crippen LogP contribution in [-0.4, -0.2) is 21.6 Å². The van der Waals surface area contributed by atoms with Crippen LogP contribution in [-0.2, 0) is 6.42 Å². The van der Waals surface area contributed by atoms with E-state index in [0.29, 0.717) is 17.0 Å². The molecule has 5 nitrogen and oxygen atoms in total. The van der Waals surface area contributed by atoms with Crippen molar-refractivity contribution in [3.05, 3.63) is 45.6 Å². The van der Waals surface area contributed by atoms with Crippen LogP contribution in [0.3, 0.4) is 0 Å². The van der Waals surface area contributed by atoms with Crippen LogP contribution in [0.1, 0.15) is 17.0 Å². The molecule has 0 aliphatic carbocycles. The van der Waals surface area contributed by atoms with Gasteiger partial charge < -0.3 is 19.4 Å². The average Bonchev–Trinajstić information content (AvgIpc) is 2.94. The first-order valence-electron chi connectivity index (χ1n) is 5.84. The second kappa shape index (κ2) is 4.55. The highest BCUT2D eigenvalue weighted by Gasteiger charge is 2.15. The van der Waals surface area contributed by atoms with Crippen LogP contribution in [0, 0.1) is 6.92 Å². The molecule has 19 heavy (non-hydrogen) atoms. The summed E-state index contributed by atoms with van der Waals surface area (Å²) >= 11 is 5.37. The SMILES string of the molecule is Cc1[nH]c(=O)[nH]c1C(=S)Cc1ccc2c(c1)OCO2. The van der Waals surface area contributed by atoms with E-state index in [-0.39, 0.29) is 12.5 Å². The zero-order chi connectivity index (χ0) is 13.4. The fraction of sp³-hybridized carbons (Fsp3) is 0.231. The maximum atomic E-state index is 11.2. The second-order valence-corrected chi connectivity index (χ2v) is 4.86. The highest BCUT2D eigenvalue weighted by Crippen LogP contribution is 2.32. The number of fused-ring (bicyclic) bond motifs is 1. The van der Waals surface area contributed by atoms with Crippen molar-refractivity contribution in [2.75, 3.05) is 6.79 Å². The summed E-state index contributed by atoms with van der Waals surface area (Å²) in [7, 11) is 0. The Morgan fingerprint density at radius 3 is 2.84 bits per heavy atom. The molecule has 3 rings (SSSR count). The van der Waals surface area contributed by atoms with E-state index < -0.39 is 0 Å². The number of imidazole rings is 1. The lowest BCUT2D eigenvalue weighted by molar-refractivity contribution is 0.174. The predicted octanol–water partition coefficient (Wildman–Crippen LogP) is 1.70. The van der Waals surface area contributed by atoms with Gasteiger partial charge in [-0.15, -0.1) is 0 Å². The topological polar surface area (TPSA) is 67.1 Å². The molecule has 0 atom stereocenters. The zero-order valence-corrected chi connectivity index (χ0v) is 11.1. The van der Waals surface area contributed by atoms with Crippen molar-refractivity contribution in [1.82, 2.24) is 9.97 Å². The van der Waals surface area contributed by atoms with E-state index in [0.717, 1.165) is 22.8 Å². The Morgan fingerprint density at radius 1 is 1.32 bits per heavy atom. The molecule has 2 N–H and O–H groups in total. The molecule has 0 saturated carbocycles. The maximum Gasteiger partial charge on any atom is 0.323 e. The van der Waals surface area contributed by atoms with Gasteiger partial charge in [0.05, 0.1) is 5.69 Å². The number of aryl methyl sites for hydroxylation is 1. The smallest absolute Gasteiger partial charge is 0.323 e. The van der Waals surface area contributed by atoms with Gasteiger partial charge >= 0.3 is 5.69 Å². The number of rotatable bonds is 3. The van der Waals surface area contributed by atoms with Crippen LogP contribution in [0.5, 0.6) is 11.5 Å². The number of ether oxygens (including phenoxy) is 2. The Balaban J connectivity index is 1.83. The van der Waals surface area contributed by atoms with Crippen molar-refractivity contribution in [2.45, 2.75) is 13.3 Å². The minimum atomic E-state index is -0.236. The Bertz CT molecular complexity index is 702. The van der Waals surface area contributed by atoms with Crippen LogP contribution in [0.4, 0.5) is 0 Å². The molecule has 1 aliphatic heterocycles. The van der Waals surface area contributed by atoms with Gasteiger partial charge in [0.25, 0.3) is 0 Å². The molecule has 0 amide bonds. The minimum absolute atomic E-state index is 0.236. The van der Waals surface area contributed by atoms with Gasteiger partial charge in [-0.1, -0.05) is 18.3 Å². The number of H-pyrrole nitrogens is 2. The molecule has 2 aromatic rings. The number of hydrogen-bond acceptors (Lipinski definition) is 4. The highest BCUT2D eigenvalue weighted by atomic mass is 32.1. The number of aromatic nitrogens is 2.